The van der Waals surface area contributed by atoms with Crippen LogP contribution in [0.25, 0.3) is 0 Å². The molecule has 3 rings (SSSR count). The van der Waals surface area contributed by atoms with Crippen molar-refractivity contribution in [3.8, 4) is 5.75 Å². The minimum Gasteiger partial charge on any atom is -0.493 e. The molecule has 5 nitrogen and oxygen atoms in total. The lowest BCUT2D eigenvalue weighted by molar-refractivity contribution is -0.136. The van der Waals surface area contributed by atoms with Crippen molar-refractivity contribution in [3.05, 3.63) is 83.2 Å². The first-order valence-corrected chi connectivity index (χ1v) is 10.6. The van der Waals surface area contributed by atoms with E-state index in [9.17, 15) is 4.79 Å². The minimum absolute atomic E-state index is 0.0885. The van der Waals surface area contributed by atoms with E-state index in [1.165, 1.54) is 11.1 Å². The zero-order chi connectivity index (χ0) is 21.3. The largest absolute Gasteiger partial charge is 0.493 e. The summed E-state index contributed by atoms with van der Waals surface area (Å²) >= 11 is 0. The van der Waals surface area contributed by atoms with E-state index in [-0.39, 0.29) is 6.42 Å². The number of carbonyl (C=O) groups is 1. The Hall–Kier alpha value is -3.08. The second-order valence-electron chi connectivity index (χ2n) is 7.75. The summed E-state index contributed by atoms with van der Waals surface area (Å²) < 4.78 is 8.17. The summed E-state index contributed by atoms with van der Waals surface area (Å²) in [7, 11) is 0. The molecule has 158 valence electrons. The van der Waals surface area contributed by atoms with Gasteiger partial charge in [0.25, 0.3) is 0 Å². The number of hydrogen-bond donors (Lipinski definition) is 1. The van der Waals surface area contributed by atoms with E-state index >= 15 is 0 Å². The van der Waals surface area contributed by atoms with Gasteiger partial charge in [0.2, 0.25) is 0 Å². The van der Waals surface area contributed by atoms with Crippen LogP contribution in [0, 0.1) is 6.92 Å². The van der Waals surface area contributed by atoms with E-state index < -0.39 is 5.97 Å². The van der Waals surface area contributed by atoms with E-state index in [0.717, 1.165) is 29.7 Å². The van der Waals surface area contributed by atoms with Gasteiger partial charge < -0.3 is 9.84 Å². The number of carboxylic acid groups (broad SMARTS) is 1. The molecule has 0 spiro atoms. The molecule has 0 aliphatic carbocycles. The fraction of sp³-hybridized carbons (Fsp3) is 0.360. The van der Waals surface area contributed by atoms with Crippen molar-refractivity contribution >= 4 is 5.97 Å². The summed E-state index contributed by atoms with van der Waals surface area (Å²) in [5.74, 6) is 0.275. The second kappa shape index (κ2) is 10.6. The molecule has 5 heteroatoms. The third-order valence-corrected chi connectivity index (χ3v) is 5.27. The van der Waals surface area contributed by atoms with E-state index in [0.29, 0.717) is 25.5 Å². The lowest BCUT2D eigenvalue weighted by Gasteiger charge is -2.20. The zero-order valence-corrected chi connectivity index (χ0v) is 17.8. The van der Waals surface area contributed by atoms with Crippen molar-refractivity contribution in [2.24, 2.45) is 0 Å². The number of ether oxygens (including phenoxy) is 1. The van der Waals surface area contributed by atoms with Crippen LogP contribution in [0.4, 0.5) is 0 Å². The number of aliphatic carboxylic acids is 1. The van der Waals surface area contributed by atoms with Crippen LogP contribution in [0.15, 0.2) is 60.9 Å². The quantitative estimate of drug-likeness (QED) is 0.474. The number of carboxylic acids is 1. The molecule has 1 heterocycles. The molecule has 1 N–H and O–H groups in total. The van der Waals surface area contributed by atoms with Gasteiger partial charge in [-0.25, -0.2) is 0 Å². The van der Waals surface area contributed by atoms with Crippen molar-refractivity contribution in [2.45, 2.75) is 52.0 Å². The molecule has 3 aromatic rings. The molecule has 0 fully saturated rings. The van der Waals surface area contributed by atoms with Gasteiger partial charge in [0.05, 0.1) is 13.2 Å². The lowest BCUT2D eigenvalue weighted by atomic mass is 9.94. The van der Waals surface area contributed by atoms with E-state index in [2.05, 4.69) is 43.2 Å². The van der Waals surface area contributed by atoms with Crippen LogP contribution in [0.5, 0.6) is 5.75 Å². The van der Waals surface area contributed by atoms with Crippen LogP contribution in [0.3, 0.4) is 0 Å². The molecule has 0 radical (unpaired) electrons. The molecule has 0 saturated carbocycles. The maximum atomic E-state index is 11.1. The number of aromatic nitrogens is 2. The van der Waals surface area contributed by atoms with Gasteiger partial charge in [-0.15, -0.1) is 0 Å². The Balaban J connectivity index is 1.78. The van der Waals surface area contributed by atoms with E-state index in [1.54, 1.807) is 6.20 Å². The van der Waals surface area contributed by atoms with Gasteiger partial charge in [0.15, 0.2) is 0 Å². The Kier molecular flexibility index (Phi) is 7.66. The molecule has 0 aliphatic rings. The topological polar surface area (TPSA) is 64.4 Å². The summed E-state index contributed by atoms with van der Waals surface area (Å²) in [6, 6.07) is 16.6. The van der Waals surface area contributed by atoms with Gasteiger partial charge in [0, 0.05) is 24.7 Å². The molecule has 1 aromatic heterocycles. The van der Waals surface area contributed by atoms with E-state index in [4.69, 9.17) is 9.84 Å². The van der Waals surface area contributed by atoms with Gasteiger partial charge in [-0.1, -0.05) is 55.3 Å². The summed E-state index contributed by atoms with van der Waals surface area (Å²) in [4.78, 5) is 11.1. The summed E-state index contributed by atoms with van der Waals surface area (Å²) in [5, 5.41) is 13.4. The molecule has 0 aliphatic heterocycles. The SMILES string of the molecule is CCCC(COc1cc(Cn2cccn2)ccc1CCC(=O)O)c1ccc(C)cc1. The van der Waals surface area contributed by atoms with Crippen molar-refractivity contribution in [1.82, 2.24) is 9.78 Å². The first-order valence-electron chi connectivity index (χ1n) is 10.6. The Labute approximate surface area is 178 Å². The summed E-state index contributed by atoms with van der Waals surface area (Å²) in [5.41, 5.74) is 4.54. The highest BCUT2D eigenvalue weighted by atomic mass is 16.5. The Morgan fingerprint density at radius 1 is 1.20 bits per heavy atom. The molecule has 0 bridgehead atoms. The molecule has 1 unspecified atom stereocenters. The third kappa shape index (κ3) is 6.21. The Bertz CT molecular complexity index is 934. The fourth-order valence-electron chi connectivity index (χ4n) is 3.58. The monoisotopic (exact) mass is 406 g/mol. The van der Waals surface area contributed by atoms with Gasteiger partial charge in [-0.2, -0.15) is 5.10 Å². The van der Waals surface area contributed by atoms with Crippen molar-refractivity contribution < 1.29 is 14.6 Å². The zero-order valence-electron chi connectivity index (χ0n) is 17.8. The van der Waals surface area contributed by atoms with E-state index in [1.807, 2.05) is 35.1 Å². The van der Waals surface area contributed by atoms with Gasteiger partial charge in [-0.05, 0) is 48.6 Å². The van der Waals surface area contributed by atoms with Crippen LogP contribution in [0.1, 0.15) is 54.4 Å². The highest BCUT2D eigenvalue weighted by Gasteiger charge is 2.14. The highest BCUT2D eigenvalue weighted by molar-refractivity contribution is 5.67. The van der Waals surface area contributed by atoms with Crippen LogP contribution >= 0.6 is 0 Å². The van der Waals surface area contributed by atoms with Gasteiger partial charge in [-0.3, -0.25) is 9.48 Å². The number of rotatable bonds is 11. The van der Waals surface area contributed by atoms with Crippen LogP contribution in [-0.2, 0) is 17.8 Å². The predicted molar refractivity (Wildman–Crippen MR) is 118 cm³/mol. The molecule has 30 heavy (non-hydrogen) atoms. The summed E-state index contributed by atoms with van der Waals surface area (Å²) in [6.45, 7) is 5.50. The van der Waals surface area contributed by atoms with Gasteiger partial charge in [0.1, 0.15) is 5.75 Å². The van der Waals surface area contributed by atoms with Crippen LogP contribution in [0.2, 0.25) is 0 Å². The van der Waals surface area contributed by atoms with Crippen molar-refractivity contribution in [2.75, 3.05) is 6.61 Å². The maximum Gasteiger partial charge on any atom is 0.303 e. The molecule has 1 atom stereocenters. The average Bonchev–Trinajstić information content (AvgIpc) is 3.24. The molecule has 0 saturated heterocycles. The second-order valence-corrected chi connectivity index (χ2v) is 7.75. The van der Waals surface area contributed by atoms with Crippen LogP contribution in [-0.4, -0.2) is 27.5 Å². The average molecular weight is 407 g/mol. The number of aryl methyl sites for hydroxylation is 2. The maximum absolute atomic E-state index is 11.1. The normalized spacial score (nSPS) is 11.9. The first-order chi connectivity index (χ1) is 14.5. The molecular formula is C25H30N2O3. The highest BCUT2D eigenvalue weighted by Crippen LogP contribution is 2.27. The van der Waals surface area contributed by atoms with Crippen molar-refractivity contribution in [3.63, 3.8) is 0 Å². The number of benzene rings is 2. The van der Waals surface area contributed by atoms with Gasteiger partial charge >= 0.3 is 5.97 Å². The van der Waals surface area contributed by atoms with Crippen LogP contribution < -0.4 is 4.74 Å². The predicted octanol–water partition coefficient (Wildman–Crippen LogP) is 5.22. The first kappa shape index (κ1) is 21.6. The number of nitrogens with zero attached hydrogens (tertiary/aromatic N) is 2. The third-order valence-electron chi connectivity index (χ3n) is 5.27. The fourth-order valence-corrected chi connectivity index (χ4v) is 3.58. The molecule has 2 aromatic carbocycles. The minimum atomic E-state index is -0.801. The Morgan fingerprint density at radius 3 is 2.67 bits per heavy atom. The standard InChI is InChI=1S/C25H30N2O3/c1-3-5-23(21-9-6-19(2)7-10-21)18-30-24-16-20(17-27-15-4-14-26-27)8-11-22(24)12-13-25(28)29/h4,6-11,14-16,23H,3,5,12-13,17-18H2,1-2H3,(H,28,29). The summed E-state index contributed by atoms with van der Waals surface area (Å²) in [6.07, 6.45) is 6.34. The van der Waals surface area contributed by atoms with Crippen molar-refractivity contribution in [1.29, 1.82) is 0 Å². The molecule has 0 amide bonds. The molecular weight excluding hydrogens is 376 g/mol. The Morgan fingerprint density at radius 2 is 2.00 bits per heavy atom. The lowest BCUT2D eigenvalue weighted by Crippen LogP contribution is -2.12. The smallest absolute Gasteiger partial charge is 0.303 e. The number of hydrogen-bond acceptors (Lipinski definition) is 3.